The van der Waals surface area contributed by atoms with Crippen molar-refractivity contribution in [1.29, 1.82) is 0 Å². The maximum atomic E-state index is 13.2. The second kappa shape index (κ2) is 6.60. The number of hydrogen-bond donors (Lipinski definition) is 2. The van der Waals surface area contributed by atoms with Gasteiger partial charge in [-0.25, -0.2) is 4.39 Å². The molecule has 0 saturated carbocycles. The fraction of sp³-hybridized carbons (Fsp3) is 0.429. The molecule has 3 N–H and O–H groups in total. The highest BCUT2D eigenvalue weighted by atomic mass is 35.5. The van der Waals surface area contributed by atoms with E-state index in [0.717, 1.165) is 6.07 Å². The van der Waals surface area contributed by atoms with Gasteiger partial charge in [-0.05, 0) is 18.2 Å². The van der Waals surface area contributed by atoms with E-state index in [-0.39, 0.29) is 43.3 Å². The van der Waals surface area contributed by atoms with Crippen LogP contribution < -0.4 is 5.73 Å². The number of aliphatic hydroxyl groups is 1. The fourth-order valence-corrected chi connectivity index (χ4v) is 2.51. The van der Waals surface area contributed by atoms with Crippen molar-refractivity contribution in [3.05, 3.63) is 34.6 Å². The summed E-state index contributed by atoms with van der Waals surface area (Å²) in [6, 6.07) is 3.63. The van der Waals surface area contributed by atoms with Crippen LogP contribution in [0.3, 0.4) is 0 Å². The average Bonchev–Trinajstić information content (AvgIpc) is 2.62. The molecule has 1 fully saturated rings. The van der Waals surface area contributed by atoms with Crippen LogP contribution in [0.15, 0.2) is 18.2 Å². The van der Waals surface area contributed by atoms with Gasteiger partial charge < -0.3 is 20.5 Å². The molecule has 2 amide bonds. The number of carbonyl (C=O) groups excluding carboxylic acids is 2. The number of rotatable bonds is 3. The molecule has 1 aromatic rings. The molecule has 1 aromatic carbocycles. The van der Waals surface area contributed by atoms with Crippen LogP contribution in [0.25, 0.3) is 0 Å². The Bertz CT molecular complexity index is 598. The first-order valence-electron chi connectivity index (χ1n) is 6.63. The number of β-amino-alcohol motifs (C(OH)–C–C–N with tert-alkyl or cyclic N) is 1. The van der Waals surface area contributed by atoms with E-state index in [1.807, 2.05) is 0 Å². The van der Waals surface area contributed by atoms with E-state index < -0.39 is 23.2 Å². The van der Waals surface area contributed by atoms with Gasteiger partial charge in [-0.3, -0.25) is 9.59 Å². The van der Waals surface area contributed by atoms with Crippen LogP contribution in [0, 0.1) is 5.82 Å². The maximum absolute atomic E-state index is 13.2. The van der Waals surface area contributed by atoms with Gasteiger partial charge in [0.1, 0.15) is 11.4 Å². The Morgan fingerprint density at radius 2 is 2.23 bits per heavy atom. The first kappa shape index (κ1) is 16.7. The highest BCUT2D eigenvalue weighted by Gasteiger charge is 2.36. The Hall–Kier alpha value is -1.70. The van der Waals surface area contributed by atoms with Crippen LogP contribution in [0.1, 0.15) is 16.8 Å². The van der Waals surface area contributed by atoms with Gasteiger partial charge in [-0.2, -0.15) is 0 Å². The number of primary amides is 1. The molecule has 0 aromatic heterocycles. The van der Waals surface area contributed by atoms with Crippen LogP contribution in [0.4, 0.5) is 4.39 Å². The summed E-state index contributed by atoms with van der Waals surface area (Å²) < 4.78 is 18.4. The van der Waals surface area contributed by atoms with Gasteiger partial charge >= 0.3 is 0 Å². The molecule has 1 heterocycles. The van der Waals surface area contributed by atoms with Crippen LogP contribution in [0.2, 0.25) is 5.02 Å². The molecule has 1 saturated heterocycles. The standard InChI is InChI=1S/C14H16ClFN2O4/c15-10-5-9(1-2-11(10)16)13(20)18-3-4-22-8-14(21,7-18)6-12(17)19/h1-2,5,21H,3-4,6-8H2,(H2,17,19)/t14-/m1/s1. The molecule has 22 heavy (non-hydrogen) atoms. The number of halogens is 2. The summed E-state index contributed by atoms with van der Waals surface area (Å²) in [5, 5.41) is 10.2. The van der Waals surface area contributed by atoms with Crippen molar-refractivity contribution in [3.63, 3.8) is 0 Å². The molecule has 2 rings (SSSR count). The smallest absolute Gasteiger partial charge is 0.254 e. The van der Waals surface area contributed by atoms with Crippen LogP contribution in [-0.2, 0) is 9.53 Å². The van der Waals surface area contributed by atoms with Gasteiger partial charge in [0.05, 0.1) is 31.2 Å². The zero-order valence-electron chi connectivity index (χ0n) is 11.7. The second-order valence-corrected chi connectivity index (χ2v) is 5.68. The number of carbonyl (C=O) groups is 2. The third-order valence-corrected chi connectivity index (χ3v) is 3.61. The minimum atomic E-state index is -1.54. The number of nitrogens with zero attached hydrogens (tertiary/aromatic N) is 1. The molecule has 120 valence electrons. The van der Waals surface area contributed by atoms with E-state index in [0.29, 0.717) is 0 Å². The number of amides is 2. The van der Waals surface area contributed by atoms with E-state index in [4.69, 9.17) is 22.1 Å². The molecule has 8 heteroatoms. The predicted octanol–water partition coefficient (Wildman–Crippen LogP) is 0.558. The second-order valence-electron chi connectivity index (χ2n) is 5.28. The number of hydrogen-bond acceptors (Lipinski definition) is 4. The fourth-order valence-electron chi connectivity index (χ4n) is 2.33. The van der Waals surface area contributed by atoms with Crippen molar-refractivity contribution < 1.29 is 23.8 Å². The summed E-state index contributed by atoms with van der Waals surface area (Å²) in [4.78, 5) is 24.8. The van der Waals surface area contributed by atoms with Crippen molar-refractivity contribution in [2.24, 2.45) is 5.73 Å². The van der Waals surface area contributed by atoms with Crippen molar-refractivity contribution in [3.8, 4) is 0 Å². The van der Waals surface area contributed by atoms with Crippen molar-refractivity contribution in [2.45, 2.75) is 12.0 Å². The molecule has 6 nitrogen and oxygen atoms in total. The van der Waals surface area contributed by atoms with E-state index in [1.54, 1.807) is 0 Å². The number of benzene rings is 1. The van der Waals surface area contributed by atoms with Gasteiger partial charge in [0.15, 0.2) is 0 Å². The van der Waals surface area contributed by atoms with E-state index in [2.05, 4.69) is 0 Å². The molecule has 0 bridgehead atoms. The van der Waals surface area contributed by atoms with Crippen molar-refractivity contribution >= 4 is 23.4 Å². The molecule has 0 unspecified atom stereocenters. The molecular weight excluding hydrogens is 315 g/mol. The van der Waals surface area contributed by atoms with Gasteiger partial charge in [0, 0.05) is 12.1 Å². The molecule has 1 atom stereocenters. The van der Waals surface area contributed by atoms with E-state index in [1.165, 1.54) is 17.0 Å². The molecule has 1 aliphatic heterocycles. The Morgan fingerprint density at radius 3 is 2.86 bits per heavy atom. The minimum absolute atomic E-state index is 0.0934. The van der Waals surface area contributed by atoms with Crippen LogP contribution in [0.5, 0.6) is 0 Å². The quantitative estimate of drug-likeness (QED) is 0.847. The predicted molar refractivity (Wildman–Crippen MR) is 76.9 cm³/mol. The van der Waals surface area contributed by atoms with E-state index >= 15 is 0 Å². The zero-order chi connectivity index (χ0) is 16.3. The average molecular weight is 331 g/mol. The lowest BCUT2D eigenvalue weighted by Crippen LogP contribution is -2.48. The third-order valence-electron chi connectivity index (χ3n) is 3.32. The molecule has 1 aliphatic rings. The summed E-state index contributed by atoms with van der Waals surface area (Å²) in [7, 11) is 0. The highest BCUT2D eigenvalue weighted by molar-refractivity contribution is 6.31. The highest BCUT2D eigenvalue weighted by Crippen LogP contribution is 2.21. The van der Waals surface area contributed by atoms with Gasteiger partial charge in [0.2, 0.25) is 5.91 Å². The molecule has 0 spiro atoms. The molecule has 0 radical (unpaired) electrons. The van der Waals surface area contributed by atoms with Crippen LogP contribution in [-0.4, -0.2) is 53.7 Å². The summed E-state index contributed by atoms with van der Waals surface area (Å²) in [6.07, 6.45) is -0.318. The summed E-state index contributed by atoms with van der Waals surface area (Å²) in [6.45, 7) is 0.240. The van der Waals surface area contributed by atoms with Gasteiger partial charge in [-0.15, -0.1) is 0 Å². The Morgan fingerprint density at radius 1 is 1.50 bits per heavy atom. The van der Waals surface area contributed by atoms with Crippen LogP contribution >= 0.6 is 11.6 Å². The lowest BCUT2D eigenvalue weighted by molar-refractivity contribution is -0.125. The van der Waals surface area contributed by atoms with Crippen molar-refractivity contribution in [1.82, 2.24) is 4.90 Å². The monoisotopic (exact) mass is 330 g/mol. The maximum Gasteiger partial charge on any atom is 0.254 e. The van der Waals surface area contributed by atoms with Crippen molar-refractivity contribution in [2.75, 3.05) is 26.3 Å². The first-order chi connectivity index (χ1) is 10.3. The van der Waals surface area contributed by atoms with E-state index in [9.17, 15) is 19.1 Å². The SMILES string of the molecule is NC(=O)C[C@]1(O)COCCN(C(=O)c2ccc(F)c(Cl)c2)C1. The Kier molecular flexibility index (Phi) is 5.00. The number of ether oxygens (including phenoxy) is 1. The lowest BCUT2D eigenvalue weighted by Gasteiger charge is -2.29. The largest absolute Gasteiger partial charge is 0.385 e. The topological polar surface area (TPSA) is 92.9 Å². The normalized spacial score (nSPS) is 22.2. The van der Waals surface area contributed by atoms with Gasteiger partial charge in [0.25, 0.3) is 5.91 Å². The Labute approximate surface area is 131 Å². The molecular formula is C14H16ClFN2O4. The summed E-state index contributed by atoms with van der Waals surface area (Å²) in [5.41, 5.74) is 3.76. The minimum Gasteiger partial charge on any atom is -0.385 e. The summed E-state index contributed by atoms with van der Waals surface area (Å²) >= 11 is 5.67. The third kappa shape index (κ3) is 3.94. The Balaban J connectivity index is 2.20. The van der Waals surface area contributed by atoms with Gasteiger partial charge in [-0.1, -0.05) is 11.6 Å². The lowest BCUT2D eigenvalue weighted by atomic mass is 9.99. The molecule has 0 aliphatic carbocycles. The summed E-state index contributed by atoms with van der Waals surface area (Å²) in [5.74, 6) is -1.75. The first-order valence-corrected chi connectivity index (χ1v) is 7.01. The number of nitrogens with two attached hydrogens (primary N) is 1. The zero-order valence-corrected chi connectivity index (χ0v) is 12.5.